The molecule has 0 saturated carbocycles. The number of nitrogens with two attached hydrogens (primary N) is 1. The second kappa shape index (κ2) is 34.4. The molecule has 0 aromatic carbocycles. The summed E-state index contributed by atoms with van der Waals surface area (Å²) < 4.78 is 33.0. The Morgan fingerprint density at radius 2 is 1.11 bits per heavy atom. The number of rotatable bonds is 36. The fraction of sp³-hybridized carbons (Fsp3) is 0.917. The number of carbonyl (C=O) groups is 1. The lowest BCUT2D eigenvalue weighted by molar-refractivity contribution is -0.153. The SMILES string of the molecule is CCCCCCCCCCCCCC/C=C\OCC(COP(=O)(O)OCCN)OC(=O)CCCCCCCCCCCCCC. The molecule has 0 radical (unpaired) electrons. The third-order valence-electron chi connectivity index (χ3n) is 8.03. The van der Waals surface area contributed by atoms with E-state index in [-0.39, 0.29) is 32.3 Å². The van der Waals surface area contributed by atoms with Crippen molar-refractivity contribution >= 4 is 13.8 Å². The zero-order valence-electron chi connectivity index (χ0n) is 29.4. The molecule has 0 bridgehead atoms. The average molecular weight is 662 g/mol. The maximum Gasteiger partial charge on any atom is 0.472 e. The van der Waals surface area contributed by atoms with Gasteiger partial charge in [0.2, 0.25) is 0 Å². The smallest absolute Gasteiger partial charge is 0.472 e. The predicted octanol–water partition coefficient (Wildman–Crippen LogP) is 10.7. The molecule has 3 N–H and O–H groups in total. The number of phosphoric ester groups is 1. The first-order valence-electron chi connectivity index (χ1n) is 18.7. The second-order valence-corrected chi connectivity index (χ2v) is 14.0. The monoisotopic (exact) mass is 662 g/mol. The lowest BCUT2D eigenvalue weighted by atomic mass is 10.0. The first-order valence-corrected chi connectivity index (χ1v) is 20.2. The molecule has 0 saturated heterocycles. The Morgan fingerprint density at radius 3 is 1.58 bits per heavy atom. The largest absolute Gasteiger partial charge is 0.498 e. The maximum atomic E-state index is 12.5. The van der Waals surface area contributed by atoms with Crippen LogP contribution in [0.4, 0.5) is 0 Å². The van der Waals surface area contributed by atoms with E-state index < -0.39 is 13.9 Å². The number of hydrogen-bond acceptors (Lipinski definition) is 7. The Bertz CT molecular complexity index is 707. The first kappa shape index (κ1) is 44.1. The molecule has 45 heavy (non-hydrogen) atoms. The Morgan fingerprint density at radius 1 is 0.667 bits per heavy atom. The Kier molecular flexibility index (Phi) is 33.7. The molecule has 0 aromatic rings. The molecule has 0 aromatic heterocycles. The molecule has 0 rings (SSSR count). The molecular weight excluding hydrogens is 589 g/mol. The van der Waals surface area contributed by atoms with Crippen LogP contribution in [0.1, 0.15) is 181 Å². The molecule has 0 amide bonds. The van der Waals surface area contributed by atoms with Crippen molar-refractivity contribution < 1.29 is 32.8 Å². The predicted molar refractivity (Wildman–Crippen MR) is 187 cm³/mol. The van der Waals surface area contributed by atoms with Crippen molar-refractivity contribution in [2.45, 2.75) is 187 Å². The van der Waals surface area contributed by atoms with Crippen molar-refractivity contribution in [2.75, 3.05) is 26.4 Å². The zero-order valence-corrected chi connectivity index (χ0v) is 30.3. The molecule has 0 aliphatic heterocycles. The Balaban J connectivity index is 4.13. The summed E-state index contributed by atoms with van der Waals surface area (Å²) in [6.07, 6.45) is 34.5. The van der Waals surface area contributed by atoms with Gasteiger partial charge in [-0.2, -0.15) is 0 Å². The summed E-state index contributed by atoms with van der Waals surface area (Å²) in [7, 11) is -4.28. The number of unbranched alkanes of at least 4 members (excludes halogenated alkanes) is 23. The quantitative estimate of drug-likeness (QED) is 0.0295. The van der Waals surface area contributed by atoms with Gasteiger partial charge in [-0.15, -0.1) is 0 Å². The topological polar surface area (TPSA) is 117 Å². The minimum Gasteiger partial charge on any atom is -0.498 e. The number of allylic oxidation sites excluding steroid dienone is 1. The van der Waals surface area contributed by atoms with Crippen molar-refractivity contribution in [3.8, 4) is 0 Å². The highest BCUT2D eigenvalue weighted by Gasteiger charge is 2.25. The Hall–Kier alpha value is -0.920. The van der Waals surface area contributed by atoms with Gasteiger partial charge in [0.05, 0.1) is 19.5 Å². The molecule has 268 valence electrons. The van der Waals surface area contributed by atoms with Crippen LogP contribution in [-0.4, -0.2) is 43.3 Å². The fourth-order valence-electron chi connectivity index (χ4n) is 5.26. The van der Waals surface area contributed by atoms with Gasteiger partial charge < -0.3 is 20.1 Å². The van der Waals surface area contributed by atoms with Crippen molar-refractivity contribution in [2.24, 2.45) is 5.73 Å². The lowest BCUT2D eigenvalue weighted by Crippen LogP contribution is -2.27. The third-order valence-corrected chi connectivity index (χ3v) is 9.01. The van der Waals surface area contributed by atoms with Gasteiger partial charge in [-0.05, 0) is 25.3 Å². The Labute approximate surface area is 277 Å². The van der Waals surface area contributed by atoms with Gasteiger partial charge in [-0.25, -0.2) is 4.57 Å². The van der Waals surface area contributed by atoms with E-state index in [1.54, 1.807) is 6.26 Å². The van der Waals surface area contributed by atoms with E-state index in [0.717, 1.165) is 32.1 Å². The van der Waals surface area contributed by atoms with E-state index in [1.807, 2.05) is 6.08 Å². The molecule has 0 aliphatic rings. The number of carbonyl (C=O) groups excluding carboxylic acids is 1. The van der Waals surface area contributed by atoms with E-state index in [1.165, 1.54) is 128 Å². The molecule has 2 atom stereocenters. The summed E-state index contributed by atoms with van der Waals surface area (Å²) in [5, 5.41) is 0. The van der Waals surface area contributed by atoms with Gasteiger partial charge in [-0.3, -0.25) is 13.8 Å². The van der Waals surface area contributed by atoms with Crippen molar-refractivity contribution in [3.63, 3.8) is 0 Å². The fourth-order valence-corrected chi connectivity index (χ4v) is 6.02. The van der Waals surface area contributed by atoms with Crippen LogP contribution in [0.25, 0.3) is 0 Å². The normalized spacial score (nSPS) is 13.7. The van der Waals surface area contributed by atoms with Gasteiger partial charge in [-0.1, -0.05) is 155 Å². The van der Waals surface area contributed by atoms with Crippen molar-refractivity contribution in [1.82, 2.24) is 0 Å². The molecule has 2 unspecified atom stereocenters. The van der Waals surface area contributed by atoms with E-state index >= 15 is 0 Å². The molecular formula is C36H72NO7P. The molecule has 0 aliphatic carbocycles. The molecule has 9 heteroatoms. The summed E-state index contributed by atoms with van der Waals surface area (Å²) in [5.74, 6) is -0.351. The highest BCUT2D eigenvalue weighted by Crippen LogP contribution is 2.43. The van der Waals surface area contributed by atoms with Crippen LogP contribution in [0.2, 0.25) is 0 Å². The maximum absolute atomic E-state index is 12.5. The molecule has 0 fully saturated rings. The summed E-state index contributed by atoms with van der Waals surface area (Å²) in [5.41, 5.74) is 5.34. The highest BCUT2D eigenvalue weighted by atomic mass is 31.2. The van der Waals surface area contributed by atoms with Crippen molar-refractivity contribution in [3.05, 3.63) is 12.3 Å². The van der Waals surface area contributed by atoms with Crippen LogP contribution >= 0.6 is 7.82 Å². The minimum absolute atomic E-state index is 0.0377. The van der Waals surface area contributed by atoms with Crippen molar-refractivity contribution in [1.29, 1.82) is 0 Å². The first-order chi connectivity index (χ1) is 21.9. The third kappa shape index (κ3) is 34.2. The van der Waals surface area contributed by atoms with E-state index in [0.29, 0.717) is 6.42 Å². The van der Waals surface area contributed by atoms with Crippen LogP contribution in [0, 0.1) is 0 Å². The van der Waals surface area contributed by atoms with Crippen LogP contribution in [0.3, 0.4) is 0 Å². The lowest BCUT2D eigenvalue weighted by Gasteiger charge is -2.19. The van der Waals surface area contributed by atoms with Gasteiger partial charge in [0, 0.05) is 13.0 Å². The average Bonchev–Trinajstić information content (AvgIpc) is 3.02. The summed E-state index contributed by atoms with van der Waals surface area (Å²) in [6, 6.07) is 0. The zero-order chi connectivity index (χ0) is 33.1. The van der Waals surface area contributed by atoms with Gasteiger partial charge >= 0.3 is 13.8 Å². The molecule has 0 spiro atoms. The number of esters is 1. The highest BCUT2D eigenvalue weighted by molar-refractivity contribution is 7.47. The number of ether oxygens (including phenoxy) is 2. The number of hydrogen-bond donors (Lipinski definition) is 2. The summed E-state index contributed by atoms with van der Waals surface area (Å²) in [4.78, 5) is 22.3. The number of phosphoric acid groups is 1. The van der Waals surface area contributed by atoms with E-state index in [4.69, 9.17) is 24.3 Å². The van der Waals surface area contributed by atoms with E-state index in [9.17, 15) is 14.3 Å². The van der Waals surface area contributed by atoms with Gasteiger partial charge in [0.15, 0.2) is 6.10 Å². The van der Waals surface area contributed by atoms with Crippen LogP contribution in [0.15, 0.2) is 12.3 Å². The summed E-state index contributed by atoms with van der Waals surface area (Å²) >= 11 is 0. The minimum atomic E-state index is -4.28. The van der Waals surface area contributed by atoms with Crippen LogP contribution < -0.4 is 5.73 Å². The van der Waals surface area contributed by atoms with Crippen LogP contribution in [0.5, 0.6) is 0 Å². The van der Waals surface area contributed by atoms with Crippen LogP contribution in [-0.2, 0) is 27.9 Å². The van der Waals surface area contributed by atoms with Gasteiger partial charge in [0.1, 0.15) is 6.61 Å². The summed E-state index contributed by atoms with van der Waals surface area (Å²) in [6.45, 7) is 4.24. The van der Waals surface area contributed by atoms with E-state index in [2.05, 4.69) is 13.8 Å². The molecule has 0 heterocycles. The standard InChI is InChI=1S/C36H72NO7P/c1-3-5-7-9-11-13-15-17-18-20-22-24-26-28-31-41-33-35(34-43-45(39,40)42-32-30-37)44-36(38)29-27-25-23-21-19-16-14-12-10-8-6-4-2/h28,31,35H,3-27,29-30,32-34,37H2,1-2H3,(H,39,40)/b31-28-. The second-order valence-electron chi connectivity index (χ2n) is 12.5. The molecule has 8 nitrogen and oxygen atoms in total. The van der Waals surface area contributed by atoms with Gasteiger partial charge in [0.25, 0.3) is 0 Å².